The molecule has 2 atom stereocenters. The first kappa shape index (κ1) is 14.2. The summed E-state index contributed by atoms with van der Waals surface area (Å²) in [4.78, 5) is 11.8. The quantitative estimate of drug-likeness (QED) is 0.850. The predicted molar refractivity (Wildman–Crippen MR) is 71.7 cm³/mol. The van der Waals surface area contributed by atoms with Gasteiger partial charge in [-0.3, -0.25) is 4.79 Å². The van der Waals surface area contributed by atoms with Crippen LogP contribution >= 0.6 is 15.9 Å². The second-order valence-corrected chi connectivity index (χ2v) is 4.68. The summed E-state index contributed by atoms with van der Waals surface area (Å²) in [5.74, 6) is -0.355. The van der Waals surface area contributed by atoms with Gasteiger partial charge in [-0.15, -0.1) is 0 Å². The van der Waals surface area contributed by atoms with Gasteiger partial charge in [-0.25, -0.2) is 0 Å². The molecule has 0 bridgehead atoms. The van der Waals surface area contributed by atoms with Crippen molar-refractivity contribution in [1.82, 2.24) is 5.32 Å². The number of hydrogen-bond acceptors (Lipinski definition) is 3. The molecule has 0 aliphatic heterocycles. The molecule has 4 heteroatoms. The summed E-state index contributed by atoms with van der Waals surface area (Å²) in [5, 5.41) is 3.19. The second-order valence-electron chi connectivity index (χ2n) is 3.83. The molecule has 1 aromatic rings. The largest absolute Gasteiger partial charge is 0.469 e. The van der Waals surface area contributed by atoms with E-state index in [-0.39, 0.29) is 17.9 Å². The fraction of sp³-hybridized carbons (Fsp3) is 0.462. The molecule has 1 aromatic carbocycles. The maximum atomic E-state index is 11.8. The number of ether oxygens (including phenoxy) is 1. The normalized spacial score (nSPS) is 14.1. The van der Waals surface area contributed by atoms with Crippen molar-refractivity contribution in [2.24, 2.45) is 5.92 Å². The molecule has 3 nitrogen and oxygen atoms in total. The van der Waals surface area contributed by atoms with Gasteiger partial charge < -0.3 is 10.1 Å². The lowest BCUT2D eigenvalue weighted by atomic mass is 9.91. The lowest BCUT2D eigenvalue weighted by Gasteiger charge is -2.25. The van der Waals surface area contributed by atoms with Crippen LogP contribution in [0.5, 0.6) is 0 Å². The lowest BCUT2D eigenvalue weighted by Crippen LogP contribution is -2.31. The number of nitrogens with one attached hydrogen (secondary N) is 1. The van der Waals surface area contributed by atoms with Crippen LogP contribution in [0, 0.1) is 5.92 Å². The van der Waals surface area contributed by atoms with Gasteiger partial charge in [0.1, 0.15) is 0 Å². The van der Waals surface area contributed by atoms with Crippen molar-refractivity contribution >= 4 is 21.9 Å². The van der Waals surface area contributed by atoms with Gasteiger partial charge in [0.15, 0.2) is 0 Å². The number of carbonyl (C=O) groups is 1. The average molecular weight is 300 g/mol. The van der Waals surface area contributed by atoms with E-state index >= 15 is 0 Å². The first-order chi connectivity index (χ1) is 8.15. The van der Waals surface area contributed by atoms with E-state index in [4.69, 9.17) is 4.74 Å². The van der Waals surface area contributed by atoms with Gasteiger partial charge >= 0.3 is 5.97 Å². The molecule has 0 heterocycles. The standard InChI is InChI=1S/C13H18BrNO2/c1-4-9(13(16)17-3)12(15-2)10-7-5-6-8-11(10)14/h5-9,12,15H,4H2,1-3H3. The molecular weight excluding hydrogens is 282 g/mol. The van der Waals surface area contributed by atoms with Crippen molar-refractivity contribution < 1.29 is 9.53 Å². The van der Waals surface area contributed by atoms with Crippen LogP contribution in [0.1, 0.15) is 24.9 Å². The zero-order valence-electron chi connectivity index (χ0n) is 10.4. The van der Waals surface area contributed by atoms with Crippen molar-refractivity contribution in [3.05, 3.63) is 34.3 Å². The molecule has 0 amide bonds. The predicted octanol–water partition coefficient (Wildman–Crippen LogP) is 2.91. The SMILES string of the molecule is CCC(C(=O)OC)C(NC)c1ccccc1Br. The molecular formula is C13H18BrNO2. The summed E-state index contributed by atoms with van der Waals surface area (Å²) in [7, 11) is 3.29. The topological polar surface area (TPSA) is 38.3 Å². The van der Waals surface area contributed by atoms with Crippen LogP contribution in [0.15, 0.2) is 28.7 Å². The highest BCUT2D eigenvalue weighted by molar-refractivity contribution is 9.10. The fourth-order valence-corrected chi connectivity index (χ4v) is 2.52. The third-order valence-electron chi connectivity index (χ3n) is 2.90. The monoisotopic (exact) mass is 299 g/mol. The van der Waals surface area contributed by atoms with Crippen LogP contribution in [0.3, 0.4) is 0 Å². The fourth-order valence-electron chi connectivity index (χ4n) is 1.99. The molecule has 1 rings (SSSR count). The summed E-state index contributed by atoms with van der Waals surface area (Å²) < 4.78 is 5.85. The van der Waals surface area contributed by atoms with Gasteiger partial charge in [-0.05, 0) is 25.1 Å². The van der Waals surface area contributed by atoms with Gasteiger partial charge in [0.25, 0.3) is 0 Å². The van der Waals surface area contributed by atoms with E-state index < -0.39 is 0 Å². The van der Waals surface area contributed by atoms with E-state index in [1.807, 2.05) is 38.2 Å². The Morgan fingerprint density at radius 1 is 1.47 bits per heavy atom. The molecule has 0 spiro atoms. The maximum Gasteiger partial charge on any atom is 0.310 e. The zero-order chi connectivity index (χ0) is 12.8. The molecule has 0 saturated heterocycles. The highest BCUT2D eigenvalue weighted by Crippen LogP contribution is 2.30. The minimum Gasteiger partial charge on any atom is -0.469 e. The number of rotatable bonds is 5. The highest BCUT2D eigenvalue weighted by Gasteiger charge is 2.28. The van der Waals surface area contributed by atoms with Crippen molar-refractivity contribution in [2.75, 3.05) is 14.2 Å². The first-order valence-corrected chi connectivity index (χ1v) is 6.44. The van der Waals surface area contributed by atoms with E-state index in [9.17, 15) is 4.79 Å². The van der Waals surface area contributed by atoms with E-state index in [2.05, 4.69) is 21.2 Å². The number of benzene rings is 1. The smallest absolute Gasteiger partial charge is 0.310 e. The Hall–Kier alpha value is -0.870. The second kappa shape index (κ2) is 6.77. The summed E-state index contributed by atoms with van der Waals surface area (Å²) in [5.41, 5.74) is 1.08. The Morgan fingerprint density at radius 3 is 2.59 bits per heavy atom. The maximum absolute atomic E-state index is 11.8. The number of carbonyl (C=O) groups excluding carboxylic acids is 1. The van der Waals surface area contributed by atoms with Gasteiger partial charge in [0.2, 0.25) is 0 Å². The summed E-state index contributed by atoms with van der Waals surface area (Å²) in [6, 6.07) is 7.87. The Balaban J connectivity index is 3.05. The Bertz CT molecular complexity index is 381. The number of hydrogen-bond donors (Lipinski definition) is 1. The minimum absolute atomic E-state index is 0.0389. The summed E-state index contributed by atoms with van der Waals surface area (Å²) >= 11 is 3.51. The Morgan fingerprint density at radius 2 is 2.12 bits per heavy atom. The van der Waals surface area contributed by atoms with Gasteiger partial charge in [-0.2, -0.15) is 0 Å². The zero-order valence-corrected chi connectivity index (χ0v) is 12.0. The van der Waals surface area contributed by atoms with Crippen LogP contribution < -0.4 is 5.32 Å². The van der Waals surface area contributed by atoms with Crippen LogP contribution in [-0.2, 0) is 9.53 Å². The van der Waals surface area contributed by atoms with Crippen molar-refractivity contribution in [3.63, 3.8) is 0 Å². The van der Waals surface area contributed by atoms with Gasteiger partial charge in [0, 0.05) is 10.5 Å². The third-order valence-corrected chi connectivity index (χ3v) is 3.62. The molecule has 0 radical (unpaired) electrons. The summed E-state index contributed by atoms with van der Waals surface area (Å²) in [6.45, 7) is 1.99. The minimum atomic E-state index is -0.178. The average Bonchev–Trinajstić information content (AvgIpc) is 2.36. The molecule has 0 aliphatic rings. The van der Waals surface area contributed by atoms with Crippen molar-refractivity contribution in [2.45, 2.75) is 19.4 Å². The molecule has 0 fully saturated rings. The number of esters is 1. The Labute approximate surface area is 111 Å². The molecule has 2 unspecified atom stereocenters. The van der Waals surface area contributed by atoms with Crippen LogP contribution in [0.2, 0.25) is 0 Å². The van der Waals surface area contributed by atoms with Gasteiger partial charge in [0.05, 0.1) is 13.0 Å². The molecule has 94 valence electrons. The molecule has 0 aliphatic carbocycles. The first-order valence-electron chi connectivity index (χ1n) is 5.65. The van der Waals surface area contributed by atoms with Crippen molar-refractivity contribution in [3.8, 4) is 0 Å². The molecule has 0 aromatic heterocycles. The highest BCUT2D eigenvalue weighted by atomic mass is 79.9. The number of methoxy groups -OCH3 is 1. The lowest BCUT2D eigenvalue weighted by molar-refractivity contribution is -0.146. The van der Waals surface area contributed by atoms with E-state index in [1.165, 1.54) is 7.11 Å². The van der Waals surface area contributed by atoms with Gasteiger partial charge in [-0.1, -0.05) is 41.1 Å². The molecule has 1 N–H and O–H groups in total. The van der Waals surface area contributed by atoms with Crippen LogP contribution in [-0.4, -0.2) is 20.1 Å². The van der Waals surface area contributed by atoms with Crippen LogP contribution in [0.25, 0.3) is 0 Å². The third kappa shape index (κ3) is 3.30. The van der Waals surface area contributed by atoms with E-state index in [0.29, 0.717) is 0 Å². The van der Waals surface area contributed by atoms with E-state index in [0.717, 1.165) is 16.5 Å². The summed E-state index contributed by atoms with van der Waals surface area (Å²) in [6.07, 6.45) is 0.736. The molecule has 17 heavy (non-hydrogen) atoms. The van der Waals surface area contributed by atoms with Crippen LogP contribution in [0.4, 0.5) is 0 Å². The molecule has 0 saturated carbocycles. The van der Waals surface area contributed by atoms with E-state index in [1.54, 1.807) is 0 Å². The van der Waals surface area contributed by atoms with Crippen molar-refractivity contribution in [1.29, 1.82) is 0 Å². The Kier molecular flexibility index (Phi) is 5.65. The number of halogens is 1.